The minimum atomic E-state index is 0.0781. The van der Waals surface area contributed by atoms with Gasteiger partial charge in [-0.2, -0.15) is 0 Å². The average molecular weight is 339 g/mol. The van der Waals surface area contributed by atoms with Gasteiger partial charge >= 0.3 is 0 Å². The van der Waals surface area contributed by atoms with E-state index in [1.54, 1.807) is 12.0 Å². The molecule has 4 nitrogen and oxygen atoms in total. The number of ether oxygens (including phenoxy) is 1. The van der Waals surface area contributed by atoms with Gasteiger partial charge in [0.05, 0.1) is 7.11 Å². The Morgan fingerprint density at radius 2 is 1.64 bits per heavy atom. The van der Waals surface area contributed by atoms with Crippen molar-refractivity contribution in [3.05, 3.63) is 65.7 Å². The lowest BCUT2D eigenvalue weighted by Crippen LogP contribution is -2.28. The number of carbonyl (C=O) groups is 2. The second-order valence-electron chi connectivity index (χ2n) is 6.06. The van der Waals surface area contributed by atoms with E-state index in [0.717, 1.165) is 12.2 Å². The third-order valence-corrected chi connectivity index (χ3v) is 4.21. The summed E-state index contributed by atoms with van der Waals surface area (Å²) in [4.78, 5) is 25.9. The highest BCUT2D eigenvalue weighted by atomic mass is 16.5. The molecule has 0 saturated carbocycles. The average Bonchev–Trinajstić information content (AvgIpc) is 2.66. The molecular weight excluding hydrogens is 314 g/mol. The fraction of sp³-hybridized carbons (Fsp3) is 0.333. The van der Waals surface area contributed by atoms with Gasteiger partial charge in [-0.3, -0.25) is 9.59 Å². The zero-order valence-corrected chi connectivity index (χ0v) is 14.9. The van der Waals surface area contributed by atoms with Gasteiger partial charge in [-0.15, -0.1) is 0 Å². The molecule has 0 heterocycles. The number of carbonyl (C=O) groups excluding carboxylic acids is 2. The Morgan fingerprint density at radius 1 is 0.960 bits per heavy atom. The van der Waals surface area contributed by atoms with Crippen molar-refractivity contribution < 1.29 is 14.3 Å². The highest BCUT2D eigenvalue weighted by molar-refractivity contribution is 5.96. The van der Waals surface area contributed by atoms with Gasteiger partial charge in [-0.05, 0) is 30.5 Å². The van der Waals surface area contributed by atoms with Crippen LogP contribution in [0.5, 0.6) is 5.75 Å². The zero-order chi connectivity index (χ0) is 18.1. The number of benzene rings is 2. The molecule has 0 fully saturated rings. The van der Waals surface area contributed by atoms with Crippen LogP contribution >= 0.6 is 0 Å². The van der Waals surface area contributed by atoms with Crippen LogP contribution in [0.25, 0.3) is 0 Å². The molecule has 0 radical (unpaired) electrons. The molecular formula is C21H25NO3. The van der Waals surface area contributed by atoms with Gasteiger partial charge in [0, 0.05) is 32.0 Å². The Labute approximate surface area is 149 Å². The minimum Gasteiger partial charge on any atom is -0.497 e. The van der Waals surface area contributed by atoms with Crippen molar-refractivity contribution in [2.75, 3.05) is 20.7 Å². The van der Waals surface area contributed by atoms with E-state index in [9.17, 15) is 9.59 Å². The summed E-state index contributed by atoms with van der Waals surface area (Å²) in [7, 11) is 3.45. The molecule has 25 heavy (non-hydrogen) atoms. The fourth-order valence-corrected chi connectivity index (χ4v) is 2.57. The maximum Gasteiger partial charge on any atom is 0.222 e. The summed E-state index contributed by atoms with van der Waals surface area (Å²) in [6, 6.07) is 17.1. The smallest absolute Gasteiger partial charge is 0.222 e. The molecule has 2 rings (SSSR count). The monoisotopic (exact) mass is 339 g/mol. The molecule has 0 N–H and O–H groups in total. The number of hydrogen-bond donors (Lipinski definition) is 0. The van der Waals surface area contributed by atoms with Crippen LogP contribution < -0.4 is 4.74 Å². The first-order valence-electron chi connectivity index (χ1n) is 8.55. The van der Waals surface area contributed by atoms with Crippen LogP contribution in [0.1, 0.15) is 35.2 Å². The van der Waals surface area contributed by atoms with Gasteiger partial charge in [0.25, 0.3) is 0 Å². The van der Waals surface area contributed by atoms with Crippen LogP contribution in [0.2, 0.25) is 0 Å². The molecule has 0 aliphatic heterocycles. The van der Waals surface area contributed by atoms with Crippen LogP contribution in [0.4, 0.5) is 0 Å². The maximum atomic E-state index is 12.2. The van der Waals surface area contributed by atoms with E-state index in [1.807, 2.05) is 61.6 Å². The fourth-order valence-electron chi connectivity index (χ4n) is 2.57. The maximum absolute atomic E-state index is 12.2. The lowest BCUT2D eigenvalue weighted by Gasteiger charge is -2.17. The summed E-state index contributed by atoms with van der Waals surface area (Å²) in [5.74, 6) is 1.000. The van der Waals surface area contributed by atoms with Gasteiger partial charge in [0.1, 0.15) is 5.75 Å². The van der Waals surface area contributed by atoms with Crippen molar-refractivity contribution in [1.82, 2.24) is 4.90 Å². The summed E-state index contributed by atoms with van der Waals surface area (Å²) in [6.45, 7) is 0.664. The number of amides is 1. The van der Waals surface area contributed by atoms with Crippen molar-refractivity contribution in [1.29, 1.82) is 0 Å². The van der Waals surface area contributed by atoms with Crippen molar-refractivity contribution in [2.24, 2.45) is 0 Å². The summed E-state index contributed by atoms with van der Waals surface area (Å²) in [5.41, 5.74) is 1.88. The van der Waals surface area contributed by atoms with Crippen LogP contribution in [0.3, 0.4) is 0 Å². The SMILES string of the molecule is COc1ccc(CCN(C)C(=O)CCCC(=O)c2ccccc2)cc1. The topological polar surface area (TPSA) is 46.6 Å². The van der Waals surface area contributed by atoms with E-state index in [-0.39, 0.29) is 11.7 Å². The molecule has 0 bridgehead atoms. The molecule has 132 valence electrons. The summed E-state index contributed by atoms with van der Waals surface area (Å²) < 4.78 is 5.14. The summed E-state index contributed by atoms with van der Waals surface area (Å²) >= 11 is 0. The molecule has 2 aromatic carbocycles. The molecule has 0 spiro atoms. The normalized spacial score (nSPS) is 10.3. The molecule has 4 heteroatoms. The van der Waals surface area contributed by atoms with E-state index in [2.05, 4.69) is 0 Å². The van der Waals surface area contributed by atoms with E-state index in [1.165, 1.54) is 5.56 Å². The van der Waals surface area contributed by atoms with Crippen LogP contribution in [0.15, 0.2) is 54.6 Å². The van der Waals surface area contributed by atoms with Crippen LogP contribution in [-0.2, 0) is 11.2 Å². The number of ketones is 1. The third-order valence-electron chi connectivity index (χ3n) is 4.21. The molecule has 0 saturated heterocycles. The first kappa shape index (κ1) is 18.7. The van der Waals surface area contributed by atoms with E-state index in [4.69, 9.17) is 4.74 Å². The summed E-state index contributed by atoms with van der Waals surface area (Å²) in [5, 5.41) is 0. The van der Waals surface area contributed by atoms with E-state index >= 15 is 0 Å². The van der Waals surface area contributed by atoms with Gasteiger partial charge in [-0.1, -0.05) is 42.5 Å². The molecule has 0 unspecified atom stereocenters. The molecule has 0 aromatic heterocycles. The van der Waals surface area contributed by atoms with E-state index in [0.29, 0.717) is 31.4 Å². The van der Waals surface area contributed by atoms with Crippen LogP contribution in [0, 0.1) is 0 Å². The number of nitrogens with zero attached hydrogens (tertiary/aromatic N) is 1. The lowest BCUT2D eigenvalue weighted by atomic mass is 10.1. The van der Waals surface area contributed by atoms with Crippen molar-refractivity contribution in [3.8, 4) is 5.75 Å². The molecule has 0 atom stereocenters. The quantitative estimate of drug-likeness (QED) is 0.654. The van der Waals surface area contributed by atoms with Crippen molar-refractivity contribution in [2.45, 2.75) is 25.7 Å². The van der Waals surface area contributed by atoms with Crippen molar-refractivity contribution in [3.63, 3.8) is 0 Å². The van der Waals surface area contributed by atoms with Gasteiger partial charge < -0.3 is 9.64 Å². The highest BCUT2D eigenvalue weighted by Crippen LogP contribution is 2.12. The van der Waals surface area contributed by atoms with E-state index < -0.39 is 0 Å². The highest BCUT2D eigenvalue weighted by Gasteiger charge is 2.11. The zero-order valence-electron chi connectivity index (χ0n) is 14.9. The number of rotatable bonds is 9. The predicted molar refractivity (Wildman–Crippen MR) is 99.0 cm³/mol. The number of Topliss-reactive ketones (excluding diaryl/α,β-unsaturated/α-hetero) is 1. The number of hydrogen-bond acceptors (Lipinski definition) is 3. The van der Waals surface area contributed by atoms with Crippen molar-refractivity contribution >= 4 is 11.7 Å². The predicted octanol–water partition coefficient (Wildman–Crippen LogP) is 3.75. The first-order chi connectivity index (χ1) is 12.1. The molecule has 0 aliphatic rings. The Hall–Kier alpha value is -2.62. The minimum absolute atomic E-state index is 0.0781. The largest absolute Gasteiger partial charge is 0.497 e. The molecule has 0 aliphatic carbocycles. The Morgan fingerprint density at radius 3 is 2.28 bits per heavy atom. The number of likely N-dealkylation sites (N-methyl/N-ethyl adjacent to an activating group) is 1. The second-order valence-corrected chi connectivity index (χ2v) is 6.06. The third kappa shape index (κ3) is 6.07. The van der Waals surface area contributed by atoms with Crippen LogP contribution in [-0.4, -0.2) is 37.3 Å². The second kappa shape index (κ2) is 9.62. The lowest BCUT2D eigenvalue weighted by molar-refractivity contribution is -0.129. The number of methoxy groups -OCH3 is 1. The van der Waals surface area contributed by atoms with Gasteiger partial charge in [0.15, 0.2) is 5.78 Å². The van der Waals surface area contributed by atoms with Gasteiger partial charge in [0.2, 0.25) is 5.91 Å². The Bertz CT molecular complexity index is 680. The Balaban J connectivity index is 1.70. The first-order valence-corrected chi connectivity index (χ1v) is 8.55. The summed E-state index contributed by atoms with van der Waals surface area (Å²) in [6.07, 6.45) is 2.19. The molecule has 2 aromatic rings. The molecule has 1 amide bonds. The van der Waals surface area contributed by atoms with Gasteiger partial charge in [-0.25, -0.2) is 0 Å². The Kier molecular flexibility index (Phi) is 7.20. The standard InChI is InChI=1S/C21H25NO3/c1-22(16-15-17-11-13-19(25-2)14-12-17)21(24)10-6-9-20(23)18-7-4-3-5-8-18/h3-5,7-8,11-14H,6,9-10,15-16H2,1-2H3.